The van der Waals surface area contributed by atoms with E-state index in [4.69, 9.17) is 16.3 Å². The molecule has 1 fully saturated rings. The number of hydrogen-bond acceptors (Lipinski definition) is 4. The molecule has 0 aromatic heterocycles. The average molecular weight is 409 g/mol. The number of carbonyl (C=O) groups is 3. The fourth-order valence-electron chi connectivity index (χ4n) is 3.68. The van der Waals surface area contributed by atoms with Gasteiger partial charge in [0.2, 0.25) is 5.91 Å². The first-order valence-corrected chi connectivity index (χ1v) is 9.45. The number of ether oxygens (including phenoxy) is 1. The molecule has 3 rings (SSSR count). The molecule has 1 saturated heterocycles. The van der Waals surface area contributed by atoms with Crippen molar-refractivity contribution in [2.24, 2.45) is 0 Å². The van der Waals surface area contributed by atoms with Crippen LogP contribution in [0.4, 0.5) is 14.9 Å². The molecule has 0 saturated carbocycles. The maximum Gasteiger partial charge on any atom is 0.412 e. The number of hydrogen-bond donors (Lipinski definition) is 1. The summed E-state index contributed by atoms with van der Waals surface area (Å²) in [6, 6.07) is 2.18. The molecule has 28 heavy (non-hydrogen) atoms. The van der Waals surface area contributed by atoms with E-state index in [2.05, 4.69) is 5.32 Å². The monoisotopic (exact) mass is 408 g/mol. The molecule has 2 aliphatic heterocycles. The van der Waals surface area contributed by atoms with Gasteiger partial charge in [-0.3, -0.25) is 10.1 Å². The van der Waals surface area contributed by atoms with Gasteiger partial charge < -0.3 is 14.4 Å². The minimum atomic E-state index is -0.735. The van der Waals surface area contributed by atoms with Crippen LogP contribution in [0.25, 0.3) is 5.57 Å². The van der Waals surface area contributed by atoms with Gasteiger partial charge in [-0.05, 0) is 57.7 Å². The van der Waals surface area contributed by atoms with Crippen LogP contribution < -0.4 is 5.32 Å². The molecule has 0 spiro atoms. The van der Waals surface area contributed by atoms with Crippen LogP contribution >= 0.6 is 11.6 Å². The first-order chi connectivity index (χ1) is 13.1. The molecule has 2 atom stereocenters. The Bertz CT molecular complexity index is 862. The molecular weight excluding hydrogens is 387 g/mol. The van der Waals surface area contributed by atoms with Crippen LogP contribution in [0.3, 0.4) is 0 Å². The highest BCUT2D eigenvalue weighted by molar-refractivity contribution is 6.31. The van der Waals surface area contributed by atoms with Crippen molar-refractivity contribution < 1.29 is 23.5 Å². The van der Waals surface area contributed by atoms with Crippen molar-refractivity contribution in [1.29, 1.82) is 0 Å². The molecule has 2 heterocycles. The van der Waals surface area contributed by atoms with E-state index >= 15 is 0 Å². The van der Waals surface area contributed by atoms with Gasteiger partial charge in [0.25, 0.3) is 0 Å². The Morgan fingerprint density at radius 3 is 2.71 bits per heavy atom. The standard InChI is InChI=1S/C20H22ClFN2O4/c1-20(2,3)28-19(27)23-15-7-6-14(21)18(22)17(15)11-8-12-4-5-13(10-25)24(12)16(26)9-11/h6-7,9-10,12-13H,4-5,8H2,1-3H3,(H,23,27)/t12?,13-/m0/s1. The number of benzene rings is 1. The highest BCUT2D eigenvalue weighted by Crippen LogP contribution is 2.40. The minimum Gasteiger partial charge on any atom is -0.444 e. The fourth-order valence-corrected chi connectivity index (χ4v) is 3.84. The lowest BCUT2D eigenvalue weighted by Gasteiger charge is -2.32. The summed E-state index contributed by atoms with van der Waals surface area (Å²) in [4.78, 5) is 37.5. The van der Waals surface area contributed by atoms with Crippen molar-refractivity contribution in [3.05, 3.63) is 34.6 Å². The molecule has 0 radical (unpaired) electrons. The topological polar surface area (TPSA) is 75.7 Å². The quantitative estimate of drug-likeness (QED) is 0.761. The molecule has 1 N–H and O–H groups in total. The Labute approximate surface area is 167 Å². The van der Waals surface area contributed by atoms with E-state index in [0.29, 0.717) is 24.8 Å². The van der Waals surface area contributed by atoms with Crippen molar-refractivity contribution in [3.63, 3.8) is 0 Å². The Balaban J connectivity index is 1.96. The number of rotatable bonds is 3. The van der Waals surface area contributed by atoms with Crippen molar-refractivity contribution in [1.82, 2.24) is 4.90 Å². The minimum absolute atomic E-state index is 0.0703. The van der Waals surface area contributed by atoms with Gasteiger partial charge in [0.15, 0.2) is 5.82 Å². The summed E-state index contributed by atoms with van der Waals surface area (Å²) in [6.07, 6.45) is 2.96. The molecule has 150 valence electrons. The first kappa shape index (κ1) is 20.3. The Morgan fingerprint density at radius 1 is 1.36 bits per heavy atom. The smallest absolute Gasteiger partial charge is 0.412 e. The number of fused-ring (bicyclic) bond motifs is 1. The summed E-state index contributed by atoms with van der Waals surface area (Å²) < 4.78 is 20.1. The van der Waals surface area contributed by atoms with Crippen molar-refractivity contribution in [3.8, 4) is 0 Å². The molecule has 1 aromatic carbocycles. The summed E-state index contributed by atoms with van der Waals surface area (Å²) in [5.74, 6) is -1.06. The predicted molar refractivity (Wildman–Crippen MR) is 104 cm³/mol. The zero-order chi connectivity index (χ0) is 20.6. The average Bonchev–Trinajstić information content (AvgIpc) is 3.00. The zero-order valence-electron chi connectivity index (χ0n) is 15.9. The first-order valence-electron chi connectivity index (χ1n) is 9.07. The van der Waals surface area contributed by atoms with Crippen LogP contribution in [0.2, 0.25) is 5.02 Å². The second-order valence-corrected chi connectivity index (χ2v) is 8.37. The molecule has 8 heteroatoms. The van der Waals surface area contributed by atoms with Crippen LogP contribution in [0, 0.1) is 5.82 Å². The summed E-state index contributed by atoms with van der Waals surface area (Å²) in [6.45, 7) is 5.16. The van der Waals surface area contributed by atoms with Gasteiger partial charge >= 0.3 is 6.09 Å². The predicted octanol–water partition coefficient (Wildman–Crippen LogP) is 4.17. The van der Waals surface area contributed by atoms with Gasteiger partial charge in [-0.25, -0.2) is 9.18 Å². The number of carbonyl (C=O) groups excluding carboxylic acids is 3. The second-order valence-electron chi connectivity index (χ2n) is 7.96. The van der Waals surface area contributed by atoms with Gasteiger partial charge in [0, 0.05) is 17.7 Å². The maximum atomic E-state index is 14.9. The fraction of sp³-hybridized carbons (Fsp3) is 0.450. The van der Waals surface area contributed by atoms with Crippen molar-refractivity contribution in [2.75, 3.05) is 5.32 Å². The van der Waals surface area contributed by atoms with E-state index in [0.717, 1.165) is 6.29 Å². The summed E-state index contributed by atoms with van der Waals surface area (Å²) in [5, 5.41) is 2.43. The summed E-state index contributed by atoms with van der Waals surface area (Å²) in [5.41, 5.74) is -0.0397. The number of halogens is 2. The van der Waals surface area contributed by atoms with E-state index in [1.165, 1.54) is 18.2 Å². The molecule has 2 amide bonds. The number of amides is 2. The van der Waals surface area contributed by atoms with Gasteiger partial charge in [-0.2, -0.15) is 0 Å². The number of nitrogens with zero attached hydrogens (tertiary/aromatic N) is 1. The van der Waals surface area contributed by atoms with E-state index in [1.807, 2.05) is 0 Å². The third-order valence-electron chi connectivity index (χ3n) is 4.76. The van der Waals surface area contributed by atoms with Gasteiger partial charge in [0.1, 0.15) is 11.9 Å². The lowest BCUT2D eigenvalue weighted by Crippen LogP contribution is -2.43. The number of anilines is 1. The van der Waals surface area contributed by atoms with Crippen LogP contribution in [0.15, 0.2) is 18.2 Å². The lowest BCUT2D eigenvalue weighted by molar-refractivity contribution is -0.132. The maximum absolute atomic E-state index is 14.9. The van der Waals surface area contributed by atoms with E-state index in [-0.39, 0.29) is 28.2 Å². The molecular formula is C20H22ClFN2O4. The Hall–Kier alpha value is -2.41. The molecule has 6 nitrogen and oxygen atoms in total. The second kappa shape index (κ2) is 7.54. The van der Waals surface area contributed by atoms with Crippen LogP contribution in [-0.2, 0) is 14.3 Å². The summed E-state index contributed by atoms with van der Waals surface area (Å²) >= 11 is 5.95. The van der Waals surface area contributed by atoms with Crippen LogP contribution in [0.5, 0.6) is 0 Å². The SMILES string of the molecule is CC(C)(C)OC(=O)Nc1ccc(Cl)c(F)c1C1=CC(=O)N2C(CC[C@H]2C=O)C1. The van der Waals surface area contributed by atoms with E-state index in [1.54, 1.807) is 25.7 Å². The highest BCUT2D eigenvalue weighted by atomic mass is 35.5. The molecule has 1 aromatic rings. The highest BCUT2D eigenvalue weighted by Gasteiger charge is 2.40. The van der Waals surface area contributed by atoms with Gasteiger partial charge in [-0.15, -0.1) is 0 Å². The summed E-state index contributed by atoms with van der Waals surface area (Å²) in [7, 11) is 0. The molecule has 2 aliphatic rings. The van der Waals surface area contributed by atoms with Gasteiger partial charge in [-0.1, -0.05) is 11.6 Å². The third kappa shape index (κ3) is 4.04. The van der Waals surface area contributed by atoms with Crippen LogP contribution in [0.1, 0.15) is 45.6 Å². The number of aldehydes is 1. The lowest BCUT2D eigenvalue weighted by atomic mass is 9.92. The van der Waals surface area contributed by atoms with Crippen LogP contribution in [-0.4, -0.2) is 40.9 Å². The van der Waals surface area contributed by atoms with E-state index in [9.17, 15) is 18.8 Å². The largest absolute Gasteiger partial charge is 0.444 e. The number of nitrogens with one attached hydrogen (secondary N) is 1. The van der Waals surface area contributed by atoms with E-state index < -0.39 is 23.6 Å². The van der Waals surface area contributed by atoms with Crippen molar-refractivity contribution in [2.45, 2.75) is 57.7 Å². The molecule has 0 bridgehead atoms. The van der Waals surface area contributed by atoms with Crippen molar-refractivity contribution >= 4 is 41.1 Å². The zero-order valence-corrected chi connectivity index (χ0v) is 16.7. The Morgan fingerprint density at radius 2 is 2.07 bits per heavy atom. The Kier molecular flexibility index (Phi) is 5.48. The van der Waals surface area contributed by atoms with Gasteiger partial charge in [0.05, 0.1) is 16.8 Å². The normalized spacial score (nSPS) is 21.8. The molecule has 0 aliphatic carbocycles. The molecule has 1 unspecified atom stereocenters. The third-order valence-corrected chi connectivity index (χ3v) is 5.05.